The first-order valence-corrected chi connectivity index (χ1v) is 9.55. The van der Waals surface area contributed by atoms with E-state index >= 15 is 0 Å². The van der Waals surface area contributed by atoms with Crippen molar-refractivity contribution >= 4 is 6.03 Å². The van der Waals surface area contributed by atoms with Crippen LogP contribution in [0.3, 0.4) is 0 Å². The maximum atomic E-state index is 12.4. The van der Waals surface area contributed by atoms with Crippen LogP contribution >= 0.6 is 0 Å². The first kappa shape index (κ1) is 18.2. The van der Waals surface area contributed by atoms with E-state index in [0.717, 1.165) is 37.9 Å². The summed E-state index contributed by atoms with van der Waals surface area (Å²) in [5, 5.41) is 15.6. The van der Waals surface area contributed by atoms with Gasteiger partial charge in [-0.05, 0) is 37.7 Å². The van der Waals surface area contributed by atoms with Crippen LogP contribution in [0.4, 0.5) is 4.79 Å². The fourth-order valence-electron chi connectivity index (χ4n) is 4.17. The monoisotopic (exact) mass is 346 g/mol. The third-order valence-electron chi connectivity index (χ3n) is 5.47. The lowest BCUT2D eigenvalue weighted by Gasteiger charge is -2.43. The van der Waals surface area contributed by atoms with Crippen molar-refractivity contribution in [1.82, 2.24) is 10.6 Å². The van der Waals surface area contributed by atoms with Gasteiger partial charge in [0, 0.05) is 12.6 Å². The van der Waals surface area contributed by atoms with Crippen molar-refractivity contribution in [3.8, 4) is 0 Å². The summed E-state index contributed by atoms with van der Waals surface area (Å²) in [6.45, 7) is 0.651. The lowest BCUT2D eigenvalue weighted by atomic mass is 9.78. The summed E-state index contributed by atoms with van der Waals surface area (Å²) in [6.07, 6.45) is 8.36. The first-order chi connectivity index (χ1) is 12.2. The van der Waals surface area contributed by atoms with Crippen LogP contribution in [0.5, 0.6) is 0 Å². The zero-order valence-electron chi connectivity index (χ0n) is 14.9. The molecule has 2 fully saturated rings. The second-order valence-corrected chi connectivity index (χ2v) is 7.47. The molecule has 1 aliphatic carbocycles. The molecule has 1 aromatic rings. The molecule has 1 aromatic carbocycles. The standard InChI is InChI=1S/C20H30N2O3/c23-15-18(13-16-7-3-1-4-8-16)22-19(24)21-17-9-12-25-20(14-17)10-5-2-6-11-20/h1,3-4,7-8,17-18,23H,2,5-6,9-15H2,(H2,21,22,24)/t17-,18-/m0/s1. The third-order valence-corrected chi connectivity index (χ3v) is 5.47. The van der Waals surface area contributed by atoms with Gasteiger partial charge in [0.15, 0.2) is 0 Å². The Labute approximate surface area is 150 Å². The number of hydrogen-bond donors (Lipinski definition) is 3. The van der Waals surface area contributed by atoms with Gasteiger partial charge in [0.05, 0.1) is 18.2 Å². The van der Waals surface area contributed by atoms with E-state index in [9.17, 15) is 9.90 Å². The summed E-state index contributed by atoms with van der Waals surface area (Å²) in [4.78, 5) is 12.4. The summed E-state index contributed by atoms with van der Waals surface area (Å²) in [5.41, 5.74) is 1.09. The molecule has 25 heavy (non-hydrogen) atoms. The Balaban J connectivity index is 1.49. The van der Waals surface area contributed by atoms with Crippen LogP contribution in [0.15, 0.2) is 30.3 Å². The molecule has 0 aromatic heterocycles. The maximum absolute atomic E-state index is 12.4. The molecule has 2 atom stereocenters. The quantitative estimate of drug-likeness (QED) is 0.768. The number of rotatable bonds is 5. The van der Waals surface area contributed by atoms with Gasteiger partial charge in [-0.25, -0.2) is 4.79 Å². The molecule has 2 amide bonds. The van der Waals surface area contributed by atoms with Gasteiger partial charge in [0.1, 0.15) is 0 Å². The molecule has 0 radical (unpaired) electrons. The minimum atomic E-state index is -0.272. The number of ether oxygens (including phenoxy) is 1. The Hall–Kier alpha value is -1.59. The van der Waals surface area contributed by atoms with E-state index in [1.54, 1.807) is 0 Å². The van der Waals surface area contributed by atoms with Crippen molar-refractivity contribution in [2.75, 3.05) is 13.2 Å². The van der Waals surface area contributed by atoms with E-state index in [1.807, 2.05) is 30.3 Å². The number of carbonyl (C=O) groups is 1. The molecular formula is C20H30N2O3. The predicted molar refractivity (Wildman–Crippen MR) is 97.5 cm³/mol. The molecule has 1 spiro atoms. The topological polar surface area (TPSA) is 70.6 Å². The molecule has 0 unspecified atom stereocenters. The smallest absolute Gasteiger partial charge is 0.315 e. The van der Waals surface area contributed by atoms with Crippen LogP contribution in [0, 0.1) is 0 Å². The van der Waals surface area contributed by atoms with Crippen molar-refractivity contribution in [3.63, 3.8) is 0 Å². The highest BCUT2D eigenvalue weighted by molar-refractivity contribution is 5.74. The normalized spacial score (nSPS) is 23.8. The Morgan fingerprint density at radius 1 is 1.24 bits per heavy atom. The molecule has 5 nitrogen and oxygen atoms in total. The van der Waals surface area contributed by atoms with Gasteiger partial charge >= 0.3 is 6.03 Å². The number of benzene rings is 1. The zero-order valence-corrected chi connectivity index (χ0v) is 14.9. The van der Waals surface area contributed by atoms with E-state index in [4.69, 9.17) is 4.74 Å². The summed E-state index contributed by atoms with van der Waals surface area (Å²) in [5.74, 6) is 0. The third kappa shape index (κ3) is 5.19. The number of carbonyl (C=O) groups excluding carboxylic acids is 1. The number of urea groups is 1. The largest absolute Gasteiger partial charge is 0.394 e. The van der Waals surface area contributed by atoms with E-state index in [1.165, 1.54) is 19.3 Å². The fraction of sp³-hybridized carbons (Fsp3) is 0.650. The van der Waals surface area contributed by atoms with Gasteiger partial charge in [-0.3, -0.25) is 0 Å². The lowest BCUT2D eigenvalue weighted by Crippen LogP contribution is -2.53. The molecule has 3 rings (SSSR count). The van der Waals surface area contributed by atoms with Gasteiger partial charge in [-0.15, -0.1) is 0 Å². The average molecular weight is 346 g/mol. The second kappa shape index (κ2) is 8.68. The minimum Gasteiger partial charge on any atom is -0.394 e. The fourth-order valence-corrected chi connectivity index (χ4v) is 4.17. The van der Waals surface area contributed by atoms with E-state index in [2.05, 4.69) is 10.6 Å². The molecular weight excluding hydrogens is 316 g/mol. The van der Waals surface area contributed by atoms with Crippen molar-refractivity contribution in [3.05, 3.63) is 35.9 Å². The van der Waals surface area contributed by atoms with Crippen LogP contribution in [0.1, 0.15) is 50.5 Å². The summed E-state index contributed by atoms with van der Waals surface area (Å²) < 4.78 is 6.09. The number of nitrogens with one attached hydrogen (secondary N) is 2. The van der Waals surface area contributed by atoms with Crippen LogP contribution in [-0.4, -0.2) is 42.0 Å². The Kier molecular flexibility index (Phi) is 6.32. The highest BCUT2D eigenvalue weighted by atomic mass is 16.5. The van der Waals surface area contributed by atoms with Crippen LogP contribution in [-0.2, 0) is 11.2 Å². The van der Waals surface area contributed by atoms with E-state index < -0.39 is 0 Å². The predicted octanol–water partition coefficient (Wildman–Crippen LogP) is 2.77. The van der Waals surface area contributed by atoms with Crippen molar-refractivity contribution in [2.24, 2.45) is 0 Å². The SMILES string of the molecule is O=C(N[C@H](CO)Cc1ccccc1)N[C@H]1CCOC2(CCCCC2)C1. The Morgan fingerprint density at radius 2 is 2.00 bits per heavy atom. The number of aliphatic hydroxyl groups is 1. The molecule has 138 valence electrons. The number of aliphatic hydroxyl groups excluding tert-OH is 1. The molecule has 0 bridgehead atoms. The van der Waals surface area contributed by atoms with Gasteiger partial charge < -0.3 is 20.5 Å². The van der Waals surface area contributed by atoms with Gasteiger partial charge in [-0.1, -0.05) is 49.6 Å². The molecule has 2 aliphatic rings. The molecule has 1 saturated heterocycles. The average Bonchev–Trinajstić information content (AvgIpc) is 2.62. The van der Waals surface area contributed by atoms with Crippen molar-refractivity contribution in [2.45, 2.75) is 69.1 Å². The molecule has 3 N–H and O–H groups in total. The van der Waals surface area contributed by atoms with Crippen molar-refractivity contribution < 1.29 is 14.6 Å². The van der Waals surface area contributed by atoms with Crippen LogP contribution in [0.2, 0.25) is 0 Å². The summed E-state index contributed by atoms with van der Waals surface area (Å²) >= 11 is 0. The number of hydrogen-bond acceptors (Lipinski definition) is 3. The Bertz CT molecular complexity index is 538. The van der Waals surface area contributed by atoms with Crippen LogP contribution < -0.4 is 10.6 Å². The van der Waals surface area contributed by atoms with Crippen LogP contribution in [0.25, 0.3) is 0 Å². The van der Waals surface area contributed by atoms with E-state index in [-0.39, 0.29) is 30.3 Å². The summed E-state index contributed by atoms with van der Waals surface area (Å²) in [6, 6.07) is 9.61. The first-order valence-electron chi connectivity index (χ1n) is 9.55. The highest BCUT2D eigenvalue weighted by Crippen LogP contribution is 2.38. The zero-order chi connectivity index (χ0) is 17.5. The lowest BCUT2D eigenvalue weighted by molar-refractivity contribution is -0.107. The maximum Gasteiger partial charge on any atom is 0.315 e. The summed E-state index contributed by atoms with van der Waals surface area (Å²) in [7, 11) is 0. The van der Waals surface area contributed by atoms with Gasteiger partial charge in [0.25, 0.3) is 0 Å². The molecule has 1 heterocycles. The van der Waals surface area contributed by atoms with Gasteiger partial charge in [-0.2, -0.15) is 0 Å². The van der Waals surface area contributed by atoms with Crippen molar-refractivity contribution in [1.29, 1.82) is 0 Å². The molecule has 1 aliphatic heterocycles. The highest BCUT2D eigenvalue weighted by Gasteiger charge is 2.38. The second-order valence-electron chi connectivity index (χ2n) is 7.47. The Morgan fingerprint density at radius 3 is 2.72 bits per heavy atom. The van der Waals surface area contributed by atoms with E-state index in [0.29, 0.717) is 6.42 Å². The number of amides is 2. The molecule has 5 heteroatoms. The minimum absolute atomic E-state index is 0.0190. The van der Waals surface area contributed by atoms with Gasteiger partial charge in [0.2, 0.25) is 0 Å². The molecule has 1 saturated carbocycles.